The van der Waals surface area contributed by atoms with Gasteiger partial charge in [0.05, 0.1) is 5.56 Å². The van der Waals surface area contributed by atoms with Gasteiger partial charge < -0.3 is 10.1 Å². The van der Waals surface area contributed by atoms with Gasteiger partial charge in [-0.15, -0.1) is 11.3 Å². The molecule has 1 amide bonds. The molecule has 0 aliphatic heterocycles. The number of nitriles is 1. The predicted octanol–water partition coefficient (Wildman–Crippen LogP) is 2.78. The van der Waals surface area contributed by atoms with Crippen molar-refractivity contribution in [2.24, 2.45) is 0 Å². The number of amides is 1. The summed E-state index contributed by atoms with van der Waals surface area (Å²) in [5, 5.41) is 12.6. The molecule has 1 aromatic rings. The van der Waals surface area contributed by atoms with Crippen LogP contribution in [-0.4, -0.2) is 18.5 Å². The number of carbonyl (C=O) groups excluding carboxylic acids is 2. The molecule has 0 fully saturated rings. The summed E-state index contributed by atoms with van der Waals surface area (Å²) in [6.45, 7) is 1.57. The Kier molecular flexibility index (Phi) is 5.34. The van der Waals surface area contributed by atoms with Gasteiger partial charge in [-0.2, -0.15) is 5.26 Å². The second-order valence-corrected chi connectivity index (χ2v) is 6.09. The summed E-state index contributed by atoms with van der Waals surface area (Å²) in [4.78, 5) is 24.2. The van der Waals surface area contributed by atoms with Crippen LogP contribution in [0.3, 0.4) is 0 Å². The Balaban J connectivity index is 1.99. The van der Waals surface area contributed by atoms with E-state index in [4.69, 9.17) is 4.74 Å². The molecule has 0 saturated carbocycles. The van der Waals surface area contributed by atoms with Crippen molar-refractivity contribution < 1.29 is 14.3 Å². The van der Waals surface area contributed by atoms with Crippen LogP contribution in [0.25, 0.3) is 0 Å². The fourth-order valence-electron chi connectivity index (χ4n) is 2.36. The van der Waals surface area contributed by atoms with Gasteiger partial charge in [0.15, 0.2) is 6.61 Å². The summed E-state index contributed by atoms with van der Waals surface area (Å²) in [6.07, 6.45) is 5.08. The molecule has 0 radical (unpaired) electrons. The average molecular weight is 306 g/mol. The van der Waals surface area contributed by atoms with Gasteiger partial charge in [-0.3, -0.25) is 9.59 Å². The smallest absolute Gasteiger partial charge is 0.306 e. The molecule has 0 atom stereocenters. The fraction of sp³-hybridized carbons (Fsp3) is 0.533. The molecule has 1 heterocycles. The highest BCUT2D eigenvalue weighted by Gasteiger charge is 2.21. The normalized spacial score (nSPS) is 13.1. The Bertz CT molecular complexity index is 586. The summed E-state index contributed by atoms with van der Waals surface area (Å²) >= 11 is 1.46. The number of aryl methyl sites for hydroxylation is 1. The maximum absolute atomic E-state index is 11.8. The number of ether oxygens (including phenoxy) is 1. The summed E-state index contributed by atoms with van der Waals surface area (Å²) in [6, 6.07) is 2.18. The number of thiophene rings is 1. The molecule has 21 heavy (non-hydrogen) atoms. The van der Waals surface area contributed by atoms with Crippen molar-refractivity contribution in [2.75, 3.05) is 11.9 Å². The molecule has 6 heteroatoms. The number of nitrogens with one attached hydrogen (secondary N) is 1. The minimum absolute atomic E-state index is 0.299. The Morgan fingerprint density at radius 1 is 1.38 bits per heavy atom. The molecule has 0 unspecified atom stereocenters. The van der Waals surface area contributed by atoms with E-state index in [9.17, 15) is 14.9 Å². The maximum Gasteiger partial charge on any atom is 0.306 e. The van der Waals surface area contributed by atoms with Crippen LogP contribution in [0.4, 0.5) is 5.00 Å². The van der Waals surface area contributed by atoms with Gasteiger partial charge in [-0.05, 0) is 37.7 Å². The number of nitrogens with zero attached hydrogens (tertiary/aromatic N) is 1. The van der Waals surface area contributed by atoms with Crippen LogP contribution in [0.1, 0.15) is 48.6 Å². The quantitative estimate of drug-likeness (QED) is 0.848. The third-order valence-corrected chi connectivity index (χ3v) is 4.56. The molecular weight excluding hydrogens is 288 g/mol. The molecule has 0 bridgehead atoms. The predicted molar refractivity (Wildman–Crippen MR) is 80.2 cm³/mol. The molecule has 1 aromatic heterocycles. The van der Waals surface area contributed by atoms with Crippen LogP contribution >= 0.6 is 11.3 Å². The molecule has 0 spiro atoms. The second kappa shape index (κ2) is 7.23. The van der Waals surface area contributed by atoms with Gasteiger partial charge >= 0.3 is 5.97 Å². The van der Waals surface area contributed by atoms with Gasteiger partial charge in [0.25, 0.3) is 5.91 Å². The molecule has 1 aliphatic rings. The first-order valence-electron chi connectivity index (χ1n) is 7.15. The first-order valence-corrected chi connectivity index (χ1v) is 7.97. The van der Waals surface area contributed by atoms with E-state index in [0.717, 1.165) is 31.2 Å². The lowest BCUT2D eigenvalue weighted by molar-refractivity contribution is -0.147. The number of esters is 1. The van der Waals surface area contributed by atoms with E-state index in [1.54, 1.807) is 0 Å². The van der Waals surface area contributed by atoms with E-state index < -0.39 is 5.91 Å². The fourth-order valence-corrected chi connectivity index (χ4v) is 3.61. The lowest BCUT2D eigenvalue weighted by atomic mass is 9.96. The monoisotopic (exact) mass is 306 g/mol. The van der Waals surface area contributed by atoms with E-state index in [-0.39, 0.29) is 12.6 Å². The van der Waals surface area contributed by atoms with Crippen LogP contribution < -0.4 is 5.32 Å². The Morgan fingerprint density at radius 2 is 2.14 bits per heavy atom. The maximum atomic E-state index is 11.8. The van der Waals surface area contributed by atoms with E-state index in [1.165, 1.54) is 16.2 Å². The Hall–Kier alpha value is -1.87. The van der Waals surface area contributed by atoms with Crippen molar-refractivity contribution in [3.63, 3.8) is 0 Å². The first-order chi connectivity index (χ1) is 10.2. The number of rotatable bonds is 5. The summed E-state index contributed by atoms with van der Waals surface area (Å²) in [7, 11) is 0. The van der Waals surface area contributed by atoms with E-state index >= 15 is 0 Å². The highest BCUT2D eigenvalue weighted by molar-refractivity contribution is 7.16. The minimum Gasteiger partial charge on any atom is -0.456 e. The van der Waals surface area contributed by atoms with E-state index in [1.807, 2.05) is 6.92 Å². The third-order valence-electron chi connectivity index (χ3n) is 3.35. The molecule has 112 valence electrons. The highest BCUT2D eigenvalue weighted by Crippen LogP contribution is 2.37. The standard InChI is InChI=1S/C15H18N2O3S/c1-2-5-14(19)20-9-13(18)17-15-11(8-16)10-6-3-4-7-12(10)21-15/h2-7,9H2,1H3,(H,17,18). The van der Waals surface area contributed by atoms with Gasteiger partial charge in [0, 0.05) is 11.3 Å². The van der Waals surface area contributed by atoms with Crippen LogP contribution in [0.2, 0.25) is 0 Å². The summed E-state index contributed by atoms with van der Waals surface area (Å²) < 4.78 is 4.86. The van der Waals surface area contributed by atoms with Gasteiger partial charge in [-0.25, -0.2) is 0 Å². The zero-order chi connectivity index (χ0) is 15.2. The number of hydrogen-bond donors (Lipinski definition) is 1. The molecule has 2 rings (SSSR count). The van der Waals surface area contributed by atoms with Crippen molar-refractivity contribution in [1.29, 1.82) is 5.26 Å². The molecule has 0 aromatic carbocycles. The van der Waals surface area contributed by atoms with E-state index in [0.29, 0.717) is 23.4 Å². The van der Waals surface area contributed by atoms with Gasteiger partial charge in [-0.1, -0.05) is 6.92 Å². The zero-order valence-corrected chi connectivity index (χ0v) is 12.8. The van der Waals surface area contributed by atoms with Crippen molar-refractivity contribution in [3.05, 3.63) is 16.0 Å². The van der Waals surface area contributed by atoms with Crippen molar-refractivity contribution in [3.8, 4) is 6.07 Å². The molecule has 5 nitrogen and oxygen atoms in total. The van der Waals surface area contributed by atoms with E-state index in [2.05, 4.69) is 11.4 Å². The zero-order valence-electron chi connectivity index (χ0n) is 12.0. The third kappa shape index (κ3) is 3.82. The van der Waals surface area contributed by atoms with Gasteiger partial charge in [0.2, 0.25) is 0 Å². The van der Waals surface area contributed by atoms with Crippen molar-refractivity contribution in [1.82, 2.24) is 0 Å². The largest absolute Gasteiger partial charge is 0.456 e. The lowest BCUT2D eigenvalue weighted by Crippen LogP contribution is -2.20. The Labute approximate surface area is 127 Å². The molecule has 1 aliphatic carbocycles. The van der Waals surface area contributed by atoms with Gasteiger partial charge in [0.1, 0.15) is 11.1 Å². The first kappa shape index (κ1) is 15.5. The van der Waals surface area contributed by atoms with Crippen LogP contribution in [-0.2, 0) is 27.2 Å². The summed E-state index contributed by atoms with van der Waals surface area (Å²) in [5.74, 6) is -0.770. The van der Waals surface area contributed by atoms with Crippen molar-refractivity contribution >= 4 is 28.2 Å². The van der Waals surface area contributed by atoms with Crippen LogP contribution in [0.5, 0.6) is 0 Å². The average Bonchev–Trinajstić information content (AvgIpc) is 2.82. The van der Waals surface area contributed by atoms with Crippen LogP contribution in [0.15, 0.2) is 0 Å². The minimum atomic E-state index is -0.394. The highest BCUT2D eigenvalue weighted by atomic mass is 32.1. The topological polar surface area (TPSA) is 79.2 Å². The second-order valence-electron chi connectivity index (χ2n) is 4.99. The number of anilines is 1. The number of carbonyl (C=O) groups is 2. The lowest BCUT2D eigenvalue weighted by Gasteiger charge is -2.09. The summed E-state index contributed by atoms with van der Waals surface area (Å²) in [5.41, 5.74) is 1.65. The Morgan fingerprint density at radius 3 is 2.86 bits per heavy atom. The van der Waals surface area contributed by atoms with Crippen LogP contribution in [0, 0.1) is 11.3 Å². The SMILES string of the molecule is CCCC(=O)OCC(=O)Nc1sc2c(c1C#N)CCCC2. The number of fused-ring (bicyclic) bond motifs is 1. The van der Waals surface area contributed by atoms with Crippen molar-refractivity contribution in [2.45, 2.75) is 45.4 Å². The number of hydrogen-bond acceptors (Lipinski definition) is 5. The molecular formula is C15H18N2O3S. The molecule has 1 N–H and O–H groups in total. The molecule has 0 saturated heterocycles.